The molecule has 1 heterocycles. The molecule has 1 unspecified atom stereocenters. The van der Waals surface area contributed by atoms with Crippen LogP contribution < -0.4 is 0 Å². The van der Waals surface area contributed by atoms with Gasteiger partial charge in [-0.1, -0.05) is 0 Å². The Balaban J connectivity index is 2.80. The van der Waals surface area contributed by atoms with Crippen molar-refractivity contribution in [2.24, 2.45) is 0 Å². The molecule has 8 nitrogen and oxygen atoms in total. The van der Waals surface area contributed by atoms with E-state index in [9.17, 15) is 24.9 Å². The molecule has 9 heteroatoms. The Morgan fingerprint density at radius 2 is 1.69 bits per heavy atom. The lowest BCUT2D eigenvalue weighted by Gasteiger charge is -2.37. The highest BCUT2D eigenvalue weighted by Gasteiger charge is 2.48. The van der Waals surface area contributed by atoms with E-state index in [1.165, 1.54) is 0 Å². The van der Waals surface area contributed by atoms with Gasteiger partial charge in [-0.25, -0.2) is 9.59 Å². The van der Waals surface area contributed by atoms with Crippen molar-refractivity contribution in [1.29, 1.82) is 0 Å². The van der Waals surface area contributed by atoms with Gasteiger partial charge in [-0.05, 0) is 0 Å². The molecular weight excluding hydrogens is 248 g/mol. The second-order valence-electron chi connectivity index (χ2n) is 3.09. The number of hydrogen-bond donors (Lipinski definition) is 4. The SMILES string of the molecule is O=C(Cl)OC1O[C@H](C(=O)O)[C@@H](O)[C@H](O)[C@H]1O. The van der Waals surface area contributed by atoms with Gasteiger partial charge in [0, 0.05) is 11.6 Å². The van der Waals surface area contributed by atoms with Crippen molar-refractivity contribution in [2.45, 2.75) is 30.7 Å². The molecule has 0 saturated carbocycles. The number of rotatable bonds is 2. The zero-order chi connectivity index (χ0) is 12.5. The number of aliphatic carboxylic acids is 1. The summed E-state index contributed by atoms with van der Waals surface area (Å²) < 4.78 is 8.79. The van der Waals surface area contributed by atoms with Crippen molar-refractivity contribution < 1.29 is 39.5 Å². The smallest absolute Gasteiger partial charge is 0.406 e. The van der Waals surface area contributed by atoms with Crippen LogP contribution in [0.15, 0.2) is 0 Å². The predicted molar refractivity (Wildman–Crippen MR) is 46.7 cm³/mol. The number of carbonyl (C=O) groups is 2. The average Bonchev–Trinajstić information content (AvgIpc) is 2.18. The van der Waals surface area contributed by atoms with Crippen LogP contribution in [-0.2, 0) is 14.3 Å². The molecule has 0 bridgehead atoms. The maximum absolute atomic E-state index is 10.6. The van der Waals surface area contributed by atoms with Crippen molar-refractivity contribution in [3.63, 3.8) is 0 Å². The van der Waals surface area contributed by atoms with E-state index in [0.717, 1.165) is 0 Å². The second kappa shape index (κ2) is 4.93. The van der Waals surface area contributed by atoms with Crippen LogP contribution >= 0.6 is 11.6 Å². The Bertz CT molecular complexity index is 292. The maximum atomic E-state index is 10.6. The Kier molecular flexibility index (Phi) is 4.05. The van der Waals surface area contributed by atoms with Crippen LogP contribution in [0.3, 0.4) is 0 Å². The molecule has 0 aromatic carbocycles. The lowest BCUT2D eigenvalue weighted by molar-refractivity contribution is -0.276. The Labute approximate surface area is 94.0 Å². The van der Waals surface area contributed by atoms with Crippen molar-refractivity contribution >= 4 is 23.0 Å². The topological polar surface area (TPSA) is 134 Å². The first-order chi connectivity index (χ1) is 7.34. The molecule has 0 amide bonds. The number of ether oxygens (including phenoxy) is 2. The van der Waals surface area contributed by atoms with Crippen LogP contribution in [0, 0.1) is 0 Å². The van der Waals surface area contributed by atoms with Gasteiger partial charge >= 0.3 is 11.4 Å². The molecule has 1 aliphatic rings. The summed E-state index contributed by atoms with van der Waals surface area (Å²) in [6.45, 7) is 0. The van der Waals surface area contributed by atoms with Gasteiger partial charge in [-0.15, -0.1) is 0 Å². The second-order valence-corrected chi connectivity index (χ2v) is 3.40. The van der Waals surface area contributed by atoms with E-state index >= 15 is 0 Å². The fraction of sp³-hybridized carbons (Fsp3) is 0.714. The molecule has 1 fully saturated rings. The number of carboxylic acids is 1. The van der Waals surface area contributed by atoms with Crippen LogP contribution in [0.25, 0.3) is 0 Å². The van der Waals surface area contributed by atoms with Crippen molar-refractivity contribution in [2.75, 3.05) is 0 Å². The lowest BCUT2D eigenvalue weighted by atomic mass is 9.99. The lowest BCUT2D eigenvalue weighted by Crippen LogP contribution is -2.60. The van der Waals surface area contributed by atoms with E-state index in [0.29, 0.717) is 0 Å². The van der Waals surface area contributed by atoms with E-state index in [1.54, 1.807) is 0 Å². The summed E-state index contributed by atoms with van der Waals surface area (Å²) in [6.07, 6.45) is -9.01. The zero-order valence-corrected chi connectivity index (χ0v) is 8.44. The summed E-state index contributed by atoms with van der Waals surface area (Å²) in [5.74, 6) is -1.57. The average molecular weight is 257 g/mol. The first-order valence-corrected chi connectivity index (χ1v) is 4.51. The zero-order valence-electron chi connectivity index (χ0n) is 7.69. The van der Waals surface area contributed by atoms with Gasteiger partial charge in [-0.3, -0.25) is 0 Å². The number of halogens is 1. The molecular formula is C7H9ClO8. The molecule has 5 atom stereocenters. The van der Waals surface area contributed by atoms with E-state index < -0.39 is 42.1 Å². The molecule has 1 saturated heterocycles. The van der Waals surface area contributed by atoms with E-state index in [4.69, 9.17) is 16.7 Å². The quantitative estimate of drug-likeness (QED) is 0.428. The van der Waals surface area contributed by atoms with Crippen LogP contribution in [0.4, 0.5) is 4.79 Å². The van der Waals surface area contributed by atoms with Gasteiger partial charge in [0.25, 0.3) is 0 Å². The summed E-state index contributed by atoms with van der Waals surface area (Å²) in [7, 11) is 0. The molecule has 0 aromatic rings. The molecule has 4 N–H and O–H groups in total. The molecule has 0 radical (unpaired) electrons. The molecule has 92 valence electrons. The van der Waals surface area contributed by atoms with Crippen LogP contribution in [0.5, 0.6) is 0 Å². The van der Waals surface area contributed by atoms with E-state index in [-0.39, 0.29) is 0 Å². The van der Waals surface area contributed by atoms with Crippen molar-refractivity contribution in [3.05, 3.63) is 0 Å². The fourth-order valence-electron chi connectivity index (χ4n) is 1.24. The highest BCUT2D eigenvalue weighted by atomic mass is 35.5. The van der Waals surface area contributed by atoms with Gasteiger partial charge in [-0.2, -0.15) is 0 Å². The standard InChI is InChI=1S/C7H9ClO8/c8-7(14)16-6-3(11)1(9)2(10)4(15-6)5(12)13/h1-4,6,9-11H,(H,12,13)/t1-,2-,3+,4-,6?/m0/s1. The third-order valence-electron chi connectivity index (χ3n) is 2.02. The maximum Gasteiger partial charge on any atom is 0.406 e. The van der Waals surface area contributed by atoms with E-state index in [1.807, 2.05) is 0 Å². The first kappa shape index (κ1) is 13.1. The molecule has 1 rings (SSSR count). The highest BCUT2D eigenvalue weighted by Crippen LogP contribution is 2.22. The molecule has 0 aromatic heterocycles. The number of carboxylic acid groups (broad SMARTS) is 1. The third kappa shape index (κ3) is 2.60. The summed E-state index contributed by atoms with van der Waals surface area (Å²) in [4.78, 5) is 21.0. The third-order valence-corrected chi connectivity index (χ3v) is 2.11. The van der Waals surface area contributed by atoms with Gasteiger partial charge in [0.05, 0.1) is 0 Å². The van der Waals surface area contributed by atoms with Gasteiger partial charge in [0.1, 0.15) is 18.3 Å². The normalized spacial score (nSPS) is 39.1. The summed E-state index contributed by atoms with van der Waals surface area (Å²) in [6, 6.07) is 0. The number of aliphatic hydroxyl groups excluding tert-OH is 3. The van der Waals surface area contributed by atoms with Gasteiger partial charge in [0.15, 0.2) is 6.10 Å². The van der Waals surface area contributed by atoms with E-state index in [2.05, 4.69) is 9.47 Å². The molecule has 1 aliphatic heterocycles. The Morgan fingerprint density at radius 3 is 2.12 bits per heavy atom. The molecule has 0 aliphatic carbocycles. The number of carbonyl (C=O) groups excluding carboxylic acids is 1. The largest absolute Gasteiger partial charge is 0.479 e. The fourth-order valence-corrected chi connectivity index (χ4v) is 1.33. The van der Waals surface area contributed by atoms with Crippen LogP contribution in [-0.4, -0.2) is 62.5 Å². The van der Waals surface area contributed by atoms with Crippen molar-refractivity contribution in [1.82, 2.24) is 0 Å². The minimum absolute atomic E-state index is 1.34. The summed E-state index contributed by atoms with van der Waals surface area (Å²) in [5, 5.41) is 36.4. The molecule has 0 spiro atoms. The Hall–Kier alpha value is -0.930. The highest BCUT2D eigenvalue weighted by molar-refractivity contribution is 6.61. The van der Waals surface area contributed by atoms with Crippen LogP contribution in [0.1, 0.15) is 0 Å². The molecule has 16 heavy (non-hydrogen) atoms. The van der Waals surface area contributed by atoms with Gasteiger partial charge in [0.2, 0.25) is 6.29 Å². The summed E-state index contributed by atoms with van der Waals surface area (Å²) >= 11 is 4.84. The number of hydrogen-bond acceptors (Lipinski definition) is 7. The minimum atomic E-state index is -1.84. The Morgan fingerprint density at radius 1 is 1.12 bits per heavy atom. The van der Waals surface area contributed by atoms with Crippen molar-refractivity contribution in [3.8, 4) is 0 Å². The monoisotopic (exact) mass is 256 g/mol. The van der Waals surface area contributed by atoms with Crippen LogP contribution in [0.2, 0.25) is 0 Å². The first-order valence-electron chi connectivity index (χ1n) is 4.13. The number of aliphatic hydroxyl groups is 3. The predicted octanol–water partition coefficient (Wildman–Crippen LogP) is -1.75. The minimum Gasteiger partial charge on any atom is -0.479 e. The summed E-state index contributed by atoms with van der Waals surface area (Å²) in [5.41, 5.74) is -1.34. The van der Waals surface area contributed by atoms with Gasteiger partial charge < -0.3 is 29.9 Å².